The van der Waals surface area contributed by atoms with E-state index in [1.165, 1.54) is 0 Å². The number of nitrogens with one attached hydrogen (secondary N) is 2. The molecular formula is C44H48N6O7. The van der Waals surface area contributed by atoms with Crippen molar-refractivity contribution in [2.45, 2.75) is 90.5 Å². The molecule has 4 atom stereocenters. The number of ether oxygens (including phenoxy) is 5. The lowest BCUT2D eigenvalue weighted by atomic mass is 9.87. The van der Waals surface area contributed by atoms with Crippen molar-refractivity contribution in [3.05, 3.63) is 95.3 Å². The van der Waals surface area contributed by atoms with E-state index in [1.54, 1.807) is 12.0 Å². The number of carbonyl (C=O) groups is 2. The van der Waals surface area contributed by atoms with Crippen LogP contribution in [0.1, 0.15) is 87.4 Å². The minimum absolute atomic E-state index is 0.0337. The smallest absolute Gasteiger partial charge is 0.410 e. The molecule has 0 saturated carbocycles. The number of imidazole rings is 2. The van der Waals surface area contributed by atoms with Crippen LogP contribution in [0.3, 0.4) is 0 Å². The molecule has 13 heteroatoms. The fraction of sp³-hybridized carbons (Fsp3) is 0.409. The average molecular weight is 773 g/mol. The second-order valence-corrected chi connectivity index (χ2v) is 16.6. The third-order valence-electron chi connectivity index (χ3n) is 11.3. The number of methoxy groups -OCH3 is 1. The first kappa shape index (κ1) is 36.8. The van der Waals surface area contributed by atoms with Gasteiger partial charge in [0.05, 0.1) is 42.5 Å². The Morgan fingerprint density at radius 1 is 0.842 bits per heavy atom. The van der Waals surface area contributed by atoms with E-state index in [2.05, 4.69) is 41.2 Å². The number of H-pyrrole nitrogens is 2. The molecule has 0 aliphatic carbocycles. The molecule has 13 nitrogen and oxygen atoms in total. The van der Waals surface area contributed by atoms with Crippen LogP contribution in [0.2, 0.25) is 0 Å². The Labute approximate surface area is 331 Å². The van der Waals surface area contributed by atoms with Gasteiger partial charge >= 0.3 is 12.2 Å². The van der Waals surface area contributed by atoms with E-state index in [9.17, 15) is 9.59 Å². The first-order valence-electron chi connectivity index (χ1n) is 19.7. The van der Waals surface area contributed by atoms with Crippen molar-refractivity contribution in [1.82, 2.24) is 29.7 Å². The average Bonchev–Trinajstić information content (AvgIpc) is 4.02. The van der Waals surface area contributed by atoms with Crippen LogP contribution in [0.15, 0.2) is 67.0 Å². The number of hydrogen-bond acceptors (Lipinski definition) is 9. The SMILES string of the molecule is COC[C@H]1C[C@@H](c2ncc(-c3cc4c5c(c3)OCc3cc(-c6cnc([C@@H]7CC[C@H](C)N7C(=O)OCc7ccccc7)[nH]6)cc(c3-5)OC4)[nH]2)N(C(=O)OC(C)(C)C)C1. The molecule has 3 aromatic carbocycles. The van der Waals surface area contributed by atoms with E-state index in [1.807, 2.05) is 68.4 Å². The molecule has 2 amide bonds. The molecule has 2 fully saturated rings. The molecular weight excluding hydrogens is 725 g/mol. The van der Waals surface area contributed by atoms with Gasteiger partial charge in [0.25, 0.3) is 0 Å². The third-order valence-corrected chi connectivity index (χ3v) is 11.3. The van der Waals surface area contributed by atoms with Crippen LogP contribution in [-0.4, -0.2) is 73.8 Å². The Kier molecular flexibility index (Phi) is 9.42. The van der Waals surface area contributed by atoms with Gasteiger partial charge in [0.2, 0.25) is 0 Å². The van der Waals surface area contributed by atoms with Crippen molar-refractivity contribution >= 4 is 12.2 Å². The molecule has 4 aliphatic rings. The minimum atomic E-state index is -0.608. The zero-order chi connectivity index (χ0) is 39.4. The maximum atomic E-state index is 13.3. The predicted octanol–water partition coefficient (Wildman–Crippen LogP) is 8.73. The largest absolute Gasteiger partial charge is 0.488 e. The van der Waals surface area contributed by atoms with Crippen molar-refractivity contribution in [3.8, 4) is 45.1 Å². The normalized spacial score (nSPS) is 20.9. The fourth-order valence-electron chi connectivity index (χ4n) is 8.71. The van der Waals surface area contributed by atoms with E-state index < -0.39 is 5.60 Å². The summed E-state index contributed by atoms with van der Waals surface area (Å²) in [4.78, 5) is 46.7. The molecule has 0 radical (unpaired) electrons. The van der Waals surface area contributed by atoms with Crippen LogP contribution in [0.25, 0.3) is 33.6 Å². The molecule has 2 aromatic heterocycles. The summed E-state index contributed by atoms with van der Waals surface area (Å²) in [7, 11) is 1.68. The van der Waals surface area contributed by atoms with Gasteiger partial charge in [0.1, 0.15) is 48.6 Å². The second-order valence-electron chi connectivity index (χ2n) is 16.6. The van der Waals surface area contributed by atoms with Gasteiger partial charge in [-0.25, -0.2) is 19.6 Å². The Hall–Kier alpha value is -5.82. The van der Waals surface area contributed by atoms with Gasteiger partial charge in [-0.15, -0.1) is 0 Å². The number of aromatic nitrogens is 4. The topological polar surface area (TPSA) is 144 Å². The standard InChI is InChI=1S/C44H48N6O7/c1-25-11-12-34(50(25)43(52)56-22-26-9-7-6-8-10-26)40-45-18-32(47-40)28-14-30-23-55-37-17-29(15-31-24-54-36(16-28)38(30)39(31)37)33-19-46-41(48-33)35-13-27(21-53-5)20-49(35)42(51)57-44(2,3)4/h6-10,14-19,25,27,34-35H,11-13,20-24H2,1-5H3,(H,45,47)(H,46,48)/t25-,27-,34-,35-/m0/s1. The quantitative estimate of drug-likeness (QED) is 0.158. The van der Waals surface area contributed by atoms with Gasteiger partial charge < -0.3 is 33.7 Å². The van der Waals surface area contributed by atoms with Gasteiger partial charge in [0, 0.05) is 59.0 Å². The molecule has 5 aromatic rings. The van der Waals surface area contributed by atoms with Crippen molar-refractivity contribution < 1.29 is 33.3 Å². The molecule has 0 spiro atoms. The van der Waals surface area contributed by atoms with E-state index in [0.29, 0.717) is 32.2 Å². The minimum Gasteiger partial charge on any atom is -0.488 e. The molecule has 9 rings (SSSR count). The summed E-state index contributed by atoms with van der Waals surface area (Å²) in [5.74, 6) is 3.20. The molecule has 4 aliphatic heterocycles. The molecule has 0 unspecified atom stereocenters. The summed E-state index contributed by atoms with van der Waals surface area (Å²) in [6.07, 6.45) is 5.33. The zero-order valence-electron chi connectivity index (χ0n) is 33.0. The van der Waals surface area contributed by atoms with Gasteiger partial charge in [-0.05, 0) is 76.8 Å². The van der Waals surface area contributed by atoms with Gasteiger partial charge in [0.15, 0.2) is 0 Å². The Morgan fingerprint density at radius 2 is 1.46 bits per heavy atom. The van der Waals surface area contributed by atoms with E-state index in [4.69, 9.17) is 33.7 Å². The number of hydrogen-bond donors (Lipinski definition) is 2. The van der Waals surface area contributed by atoms with Crippen molar-refractivity contribution in [1.29, 1.82) is 0 Å². The van der Waals surface area contributed by atoms with Crippen LogP contribution in [0.4, 0.5) is 9.59 Å². The first-order chi connectivity index (χ1) is 27.5. The Balaban J connectivity index is 0.945. The molecule has 296 valence electrons. The summed E-state index contributed by atoms with van der Waals surface area (Å²) < 4.78 is 29.8. The molecule has 2 saturated heterocycles. The second kappa shape index (κ2) is 14.6. The number of nitrogens with zero attached hydrogens (tertiary/aromatic N) is 4. The number of likely N-dealkylation sites (tertiary alicyclic amines) is 2. The Bertz CT molecular complexity index is 2260. The number of benzene rings is 3. The summed E-state index contributed by atoms with van der Waals surface area (Å²) in [6.45, 7) is 9.73. The highest BCUT2D eigenvalue weighted by Crippen LogP contribution is 2.51. The van der Waals surface area contributed by atoms with Crippen LogP contribution in [0, 0.1) is 5.92 Å². The van der Waals surface area contributed by atoms with E-state index >= 15 is 0 Å². The molecule has 2 N–H and O–H groups in total. The van der Waals surface area contributed by atoms with Crippen molar-refractivity contribution in [2.24, 2.45) is 5.92 Å². The lowest BCUT2D eigenvalue weighted by Gasteiger charge is -2.30. The number of aromatic amines is 2. The highest BCUT2D eigenvalue weighted by Gasteiger charge is 2.41. The lowest BCUT2D eigenvalue weighted by molar-refractivity contribution is 0.0208. The van der Waals surface area contributed by atoms with Gasteiger partial charge in [-0.3, -0.25) is 9.80 Å². The highest BCUT2D eigenvalue weighted by molar-refractivity contribution is 5.88. The summed E-state index contributed by atoms with van der Waals surface area (Å²) >= 11 is 0. The molecule has 57 heavy (non-hydrogen) atoms. The monoisotopic (exact) mass is 772 g/mol. The lowest BCUT2D eigenvalue weighted by Crippen LogP contribution is -2.37. The number of rotatable bonds is 8. The fourth-order valence-corrected chi connectivity index (χ4v) is 8.71. The van der Waals surface area contributed by atoms with Crippen LogP contribution in [0.5, 0.6) is 11.5 Å². The number of amides is 2. The van der Waals surface area contributed by atoms with E-state index in [0.717, 1.165) is 86.9 Å². The van der Waals surface area contributed by atoms with Crippen LogP contribution in [-0.2, 0) is 34.0 Å². The summed E-state index contributed by atoms with van der Waals surface area (Å²) in [5, 5.41) is 0. The maximum Gasteiger partial charge on any atom is 0.410 e. The molecule has 0 bridgehead atoms. The third kappa shape index (κ3) is 7.09. The van der Waals surface area contributed by atoms with Crippen LogP contribution >= 0.6 is 0 Å². The van der Waals surface area contributed by atoms with Crippen LogP contribution < -0.4 is 9.47 Å². The number of carbonyl (C=O) groups excluding carboxylic acids is 2. The summed E-state index contributed by atoms with van der Waals surface area (Å²) in [5.41, 5.74) is 8.00. The first-order valence-corrected chi connectivity index (χ1v) is 19.7. The van der Waals surface area contributed by atoms with Gasteiger partial charge in [-0.1, -0.05) is 30.3 Å². The Morgan fingerprint density at radius 3 is 2.05 bits per heavy atom. The molecule has 6 heterocycles. The summed E-state index contributed by atoms with van der Waals surface area (Å²) in [6, 6.07) is 17.6. The predicted molar refractivity (Wildman–Crippen MR) is 211 cm³/mol. The highest BCUT2D eigenvalue weighted by atomic mass is 16.6. The van der Waals surface area contributed by atoms with Crippen molar-refractivity contribution in [3.63, 3.8) is 0 Å². The van der Waals surface area contributed by atoms with Crippen molar-refractivity contribution in [2.75, 3.05) is 20.3 Å². The van der Waals surface area contributed by atoms with Gasteiger partial charge in [-0.2, -0.15) is 0 Å². The van der Waals surface area contributed by atoms with E-state index in [-0.39, 0.29) is 42.8 Å². The zero-order valence-corrected chi connectivity index (χ0v) is 33.0. The maximum absolute atomic E-state index is 13.3.